The molecule has 2 unspecified atom stereocenters. The molecule has 1 aromatic carbocycles. The molecule has 1 fully saturated rings. The summed E-state index contributed by atoms with van der Waals surface area (Å²) < 4.78 is 28.8. The van der Waals surface area contributed by atoms with Crippen LogP contribution in [0.25, 0.3) is 10.4 Å². The van der Waals surface area contributed by atoms with Gasteiger partial charge in [-0.3, -0.25) is 9.59 Å². The Bertz CT molecular complexity index is 821. The van der Waals surface area contributed by atoms with E-state index in [0.29, 0.717) is 17.7 Å². The van der Waals surface area contributed by atoms with Gasteiger partial charge in [0.1, 0.15) is 5.75 Å². The third-order valence-electron chi connectivity index (χ3n) is 4.67. The zero-order chi connectivity index (χ0) is 19.6. The monoisotopic (exact) mass is 395 g/mol. The fraction of sp³-hybridized carbons (Fsp3) is 0.368. The van der Waals surface area contributed by atoms with E-state index in [0.717, 1.165) is 10.4 Å². The first-order chi connectivity index (χ1) is 12.8. The number of hydrogen-bond donors (Lipinski definition) is 1. The number of carboxylic acid groups (broad SMARTS) is 1. The fourth-order valence-corrected chi connectivity index (χ4v) is 4.11. The predicted octanol–water partition coefficient (Wildman–Crippen LogP) is 4.34. The summed E-state index contributed by atoms with van der Waals surface area (Å²) in [6.45, 7) is -0.739. The Labute approximate surface area is 159 Å². The highest BCUT2D eigenvalue weighted by Crippen LogP contribution is 2.32. The van der Waals surface area contributed by atoms with E-state index < -0.39 is 18.5 Å². The van der Waals surface area contributed by atoms with E-state index in [1.807, 2.05) is 6.92 Å². The van der Waals surface area contributed by atoms with Crippen molar-refractivity contribution in [1.29, 1.82) is 0 Å². The van der Waals surface area contributed by atoms with Crippen molar-refractivity contribution in [3.63, 3.8) is 0 Å². The number of carbonyl (C=O) groups is 2. The number of carbonyl (C=O) groups excluding carboxylic acids is 1. The van der Waals surface area contributed by atoms with Crippen molar-refractivity contribution in [2.75, 3.05) is 6.54 Å². The molecule has 5 nitrogen and oxygen atoms in total. The summed E-state index contributed by atoms with van der Waals surface area (Å²) in [4.78, 5) is 27.1. The van der Waals surface area contributed by atoms with Crippen LogP contribution in [0.4, 0.5) is 8.78 Å². The first-order valence-electron chi connectivity index (χ1n) is 8.54. The number of likely N-dealkylation sites (tertiary alicyclic amines) is 1. The van der Waals surface area contributed by atoms with Crippen molar-refractivity contribution in [3.8, 4) is 16.2 Å². The van der Waals surface area contributed by atoms with Crippen LogP contribution in [0.15, 0.2) is 36.4 Å². The van der Waals surface area contributed by atoms with Gasteiger partial charge in [0, 0.05) is 17.5 Å². The van der Waals surface area contributed by atoms with Gasteiger partial charge in [-0.2, -0.15) is 8.78 Å². The van der Waals surface area contributed by atoms with E-state index in [9.17, 15) is 23.5 Å². The Morgan fingerprint density at radius 1 is 1.19 bits per heavy atom. The van der Waals surface area contributed by atoms with Crippen LogP contribution in [0, 0.1) is 5.92 Å². The Balaban J connectivity index is 1.74. The summed E-state index contributed by atoms with van der Waals surface area (Å²) in [5, 5.41) is 9.23. The number of hydrogen-bond acceptors (Lipinski definition) is 4. The highest BCUT2D eigenvalue weighted by Gasteiger charge is 2.33. The lowest BCUT2D eigenvalue weighted by molar-refractivity contribution is -0.143. The molecule has 2 aromatic rings. The Hall–Kier alpha value is -2.48. The van der Waals surface area contributed by atoms with Crippen molar-refractivity contribution in [3.05, 3.63) is 41.3 Å². The fourth-order valence-electron chi connectivity index (χ4n) is 3.14. The molecule has 0 bridgehead atoms. The summed E-state index contributed by atoms with van der Waals surface area (Å²) >= 11 is 1.29. The highest BCUT2D eigenvalue weighted by atomic mass is 32.1. The lowest BCUT2D eigenvalue weighted by atomic mass is 9.93. The molecule has 1 aromatic heterocycles. The molecule has 1 amide bonds. The summed E-state index contributed by atoms with van der Waals surface area (Å²) in [7, 11) is 0. The van der Waals surface area contributed by atoms with Crippen LogP contribution in [0.5, 0.6) is 5.75 Å². The van der Waals surface area contributed by atoms with Crippen molar-refractivity contribution in [2.24, 2.45) is 5.92 Å². The SMILES string of the molecule is CC1CCC(C(=O)O)CN1C(=O)c1ccc(-c2ccc(OC(F)F)cc2)s1. The normalized spacial score (nSPS) is 19.9. The van der Waals surface area contributed by atoms with Gasteiger partial charge in [-0.25, -0.2) is 0 Å². The number of aliphatic carboxylic acids is 1. The van der Waals surface area contributed by atoms with Gasteiger partial charge in [0.15, 0.2) is 0 Å². The van der Waals surface area contributed by atoms with Gasteiger partial charge in [-0.1, -0.05) is 0 Å². The van der Waals surface area contributed by atoms with Crippen LogP contribution in [0.1, 0.15) is 29.4 Å². The van der Waals surface area contributed by atoms with E-state index in [-0.39, 0.29) is 24.2 Å². The first-order valence-corrected chi connectivity index (χ1v) is 9.35. The third-order valence-corrected chi connectivity index (χ3v) is 5.80. The van der Waals surface area contributed by atoms with Crippen molar-refractivity contribution >= 4 is 23.2 Å². The molecule has 0 aliphatic carbocycles. The number of nitrogens with zero attached hydrogens (tertiary/aromatic N) is 1. The minimum Gasteiger partial charge on any atom is -0.481 e. The standard InChI is InChI=1S/C19H19F2NO4S/c1-11-2-3-13(18(24)25)10-22(11)17(23)16-9-8-15(27-16)12-4-6-14(7-5-12)26-19(20)21/h4-9,11,13,19H,2-3,10H2,1H3,(H,24,25). The van der Waals surface area contributed by atoms with E-state index >= 15 is 0 Å². The molecule has 1 saturated heterocycles. The topological polar surface area (TPSA) is 66.8 Å². The second kappa shape index (κ2) is 8.04. The second-order valence-electron chi connectivity index (χ2n) is 6.49. The number of piperidine rings is 1. The Kier molecular flexibility index (Phi) is 5.74. The molecule has 1 aliphatic rings. The number of ether oxygens (including phenoxy) is 1. The van der Waals surface area contributed by atoms with Crippen molar-refractivity contribution in [1.82, 2.24) is 4.90 Å². The number of alkyl halides is 2. The third kappa shape index (κ3) is 4.44. The lowest BCUT2D eigenvalue weighted by Crippen LogP contribution is -2.47. The molecule has 0 radical (unpaired) electrons. The molecular formula is C19H19F2NO4S. The maximum absolute atomic E-state index is 12.8. The maximum atomic E-state index is 12.8. The predicted molar refractivity (Wildman–Crippen MR) is 97.2 cm³/mol. The minimum atomic E-state index is -2.87. The van der Waals surface area contributed by atoms with E-state index in [2.05, 4.69) is 4.74 Å². The van der Waals surface area contributed by atoms with E-state index in [1.165, 1.54) is 23.5 Å². The molecule has 8 heteroatoms. The minimum absolute atomic E-state index is 0.00979. The summed E-state index contributed by atoms with van der Waals surface area (Å²) in [6.07, 6.45) is 1.23. The van der Waals surface area contributed by atoms with E-state index in [1.54, 1.807) is 29.2 Å². The summed E-state index contributed by atoms with van der Waals surface area (Å²) in [5.74, 6) is -1.52. The highest BCUT2D eigenvalue weighted by molar-refractivity contribution is 7.17. The molecule has 27 heavy (non-hydrogen) atoms. The molecule has 2 heterocycles. The molecule has 1 N–H and O–H groups in total. The van der Waals surface area contributed by atoms with Crippen LogP contribution in [-0.2, 0) is 4.79 Å². The number of rotatable bonds is 5. The number of carboxylic acids is 1. The van der Waals surface area contributed by atoms with Gasteiger partial charge in [0.25, 0.3) is 5.91 Å². The maximum Gasteiger partial charge on any atom is 0.387 e. The van der Waals surface area contributed by atoms with Gasteiger partial charge in [0.2, 0.25) is 0 Å². The second-order valence-corrected chi connectivity index (χ2v) is 7.57. The van der Waals surface area contributed by atoms with Crippen LogP contribution < -0.4 is 4.74 Å². The molecule has 0 spiro atoms. The zero-order valence-corrected chi connectivity index (χ0v) is 15.4. The van der Waals surface area contributed by atoms with Crippen LogP contribution >= 0.6 is 11.3 Å². The quantitative estimate of drug-likeness (QED) is 0.818. The van der Waals surface area contributed by atoms with Crippen LogP contribution in [-0.4, -0.2) is 41.1 Å². The van der Waals surface area contributed by atoms with Crippen molar-refractivity contribution in [2.45, 2.75) is 32.4 Å². The molecule has 1 aliphatic heterocycles. The Morgan fingerprint density at radius 2 is 1.89 bits per heavy atom. The zero-order valence-electron chi connectivity index (χ0n) is 14.6. The average molecular weight is 395 g/mol. The average Bonchev–Trinajstić information content (AvgIpc) is 3.11. The van der Waals surface area contributed by atoms with Gasteiger partial charge in [-0.15, -0.1) is 11.3 Å². The molecule has 3 rings (SSSR count). The molecule has 144 valence electrons. The number of benzene rings is 1. The molecule has 2 atom stereocenters. The molecular weight excluding hydrogens is 376 g/mol. The first kappa shape index (κ1) is 19.3. The van der Waals surface area contributed by atoms with Crippen LogP contribution in [0.3, 0.4) is 0 Å². The summed E-state index contributed by atoms with van der Waals surface area (Å²) in [6, 6.07) is 9.71. The smallest absolute Gasteiger partial charge is 0.387 e. The number of thiophene rings is 1. The van der Waals surface area contributed by atoms with Crippen molar-refractivity contribution < 1.29 is 28.2 Å². The Morgan fingerprint density at radius 3 is 2.52 bits per heavy atom. The largest absolute Gasteiger partial charge is 0.481 e. The van der Waals surface area contributed by atoms with E-state index in [4.69, 9.17) is 0 Å². The van der Waals surface area contributed by atoms with Gasteiger partial charge in [-0.05, 0) is 61.7 Å². The van der Waals surface area contributed by atoms with Crippen LogP contribution in [0.2, 0.25) is 0 Å². The van der Waals surface area contributed by atoms with Gasteiger partial charge < -0.3 is 14.7 Å². The molecule has 0 saturated carbocycles. The summed E-state index contributed by atoms with van der Waals surface area (Å²) in [5.41, 5.74) is 0.788. The number of amides is 1. The lowest BCUT2D eigenvalue weighted by Gasteiger charge is -2.36. The van der Waals surface area contributed by atoms with Gasteiger partial charge >= 0.3 is 12.6 Å². The number of halogens is 2. The van der Waals surface area contributed by atoms with Gasteiger partial charge in [0.05, 0.1) is 10.8 Å².